The van der Waals surface area contributed by atoms with Crippen LogP contribution in [0.1, 0.15) is 5.56 Å². The Bertz CT molecular complexity index is 385. The van der Waals surface area contributed by atoms with Gasteiger partial charge in [0.05, 0.1) is 12.0 Å². The van der Waals surface area contributed by atoms with Crippen LogP contribution in [-0.4, -0.2) is 14.5 Å². The highest BCUT2D eigenvalue weighted by atomic mass is 15.1. The van der Waals surface area contributed by atoms with Crippen molar-refractivity contribution in [3.05, 3.63) is 36.5 Å². The highest BCUT2D eigenvalue weighted by molar-refractivity contribution is 5.56. The van der Waals surface area contributed by atoms with Gasteiger partial charge in [0.2, 0.25) is 0 Å². The Kier molecular flexibility index (Phi) is 1.73. The largest absolute Gasteiger partial charge is 0.382 e. The van der Waals surface area contributed by atoms with E-state index in [1.54, 1.807) is 18.7 Å². The van der Waals surface area contributed by atoms with Crippen molar-refractivity contribution < 1.29 is 0 Å². The van der Waals surface area contributed by atoms with Crippen LogP contribution in [0.25, 0.3) is 5.69 Å². The van der Waals surface area contributed by atoms with Crippen molar-refractivity contribution in [2.75, 3.05) is 5.73 Å². The molecule has 0 aliphatic heterocycles. The van der Waals surface area contributed by atoms with Crippen molar-refractivity contribution in [1.29, 1.82) is 0 Å². The Morgan fingerprint density at radius 1 is 1.38 bits per heavy atom. The summed E-state index contributed by atoms with van der Waals surface area (Å²) in [5, 5.41) is 0. The van der Waals surface area contributed by atoms with Gasteiger partial charge in [-0.1, -0.05) is 0 Å². The second-order valence-corrected chi connectivity index (χ2v) is 2.83. The Labute approximate surface area is 76.1 Å². The van der Waals surface area contributed by atoms with Gasteiger partial charge in [0.15, 0.2) is 0 Å². The van der Waals surface area contributed by atoms with Gasteiger partial charge in [-0.15, -0.1) is 0 Å². The SMILES string of the molecule is Cc1ccnc(N)c1-n1ccnc1. The second kappa shape index (κ2) is 2.90. The van der Waals surface area contributed by atoms with Gasteiger partial charge in [-0.2, -0.15) is 0 Å². The summed E-state index contributed by atoms with van der Waals surface area (Å²) in [5.74, 6) is 0.526. The van der Waals surface area contributed by atoms with Crippen LogP contribution in [0.15, 0.2) is 31.0 Å². The van der Waals surface area contributed by atoms with Gasteiger partial charge in [-0.05, 0) is 18.6 Å². The van der Waals surface area contributed by atoms with E-state index in [0.29, 0.717) is 5.82 Å². The van der Waals surface area contributed by atoms with Crippen molar-refractivity contribution in [2.45, 2.75) is 6.92 Å². The van der Waals surface area contributed by atoms with Crippen LogP contribution in [0, 0.1) is 6.92 Å². The summed E-state index contributed by atoms with van der Waals surface area (Å²) in [4.78, 5) is 7.99. The minimum atomic E-state index is 0.526. The maximum absolute atomic E-state index is 5.75. The molecule has 0 unspecified atom stereocenters. The minimum absolute atomic E-state index is 0.526. The second-order valence-electron chi connectivity index (χ2n) is 2.83. The number of aryl methyl sites for hydroxylation is 1. The number of nitrogens with zero attached hydrogens (tertiary/aromatic N) is 3. The molecule has 0 saturated heterocycles. The molecule has 0 bridgehead atoms. The van der Waals surface area contributed by atoms with E-state index in [0.717, 1.165) is 11.3 Å². The topological polar surface area (TPSA) is 56.7 Å². The fourth-order valence-corrected chi connectivity index (χ4v) is 1.30. The number of nitrogens with two attached hydrogens (primary N) is 1. The number of hydrogen-bond donors (Lipinski definition) is 1. The number of imidazole rings is 1. The van der Waals surface area contributed by atoms with Crippen LogP contribution >= 0.6 is 0 Å². The third-order valence-electron chi connectivity index (χ3n) is 1.92. The zero-order valence-corrected chi connectivity index (χ0v) is 7.31. The zero-order valence-electron chi connectivity index (χ0n) is 7.31. The predicted molar refractivity (Wildman–Crippen MR) is 50.5 cm³/mol. The van der Waals surface area contributed by atoms with Crippen LogP contribution in [0.5, 0.6) is 0 Å². The Morgan fingerprint density at radius 3 is 2.85 bits per heavy atom. The molecule has 0 spiro atoms. The van der Waals surface area contributed by atoms with Gasteiger partial charge in [-0.3, -0.25) is 0 Å². The molecule has 2 heterocycles. The molecular formula is C9H10N4. The Balaban J connectivity index is 2.64. The van der Waals surface area contributed by atoms with Crippen LogP contribution in [0.3, 0.4) is 0 Å². The average molecular weight is 174 g/mol. The lowest BCUT2D eigenvalue weighted by Gasteiger charge is -2.07. The summed E-state index contributed by atoms with van der Waals surface area (Å²) in [6.07, 6.45) is 6.97. The molecule has 0 amide bonds. The summed E-state index contributed by atoms with van der Waals surface area (Å²) in [6.45, 7) is 1.99. The molecule has 2 rings (SSSR count). The Morgan fingerprint density at radius 2 is 2.23 bits per heavy atom. The fraction of sp³-hybridized carbons (Fsp3) is 0.111. The molecule has 0 aliphatic carbocycles. The highest BCUT2D eigenvalue weighted by Crippen LogP contribution is 2.17. The van der Waals surface area contributed by atoms with Crippen LogP contribution < -0.4 is 5.73 Å². The first-order chi connectivity index (χ1) is 6.29. The fourth-order valence-electron chi connectivity index (χ4n) is 1.30. The molecule has 0 fully saturated rings. The molecule has 2 aromatic heterocycles. The number of nitrogen functional groups attached to an aromatic ring is 1. The lowest BCUT2D eigenvalue weighted by Crippen LogP contribution is -2.02. The molecule has 13 heavy (non-hydrogen) atoms. The van der Waals surface area contributed by atoms with Gasteiger partial charge in [0, 0.05) is 18.6 Å². The summed E-state index contributed by atoms with van der Waals surface area (Å²) < 4.78 is 1.86. The van der Waals surface area contributed by atoms with E-state index in [9.17, 15) is 0 Å². The predicted octanol–water partition coefficient (Wildman–Crippen LogP) is 1.16. The first-order valence-electron chi connectivity index (χ1n) is 3.98. The van der Waals surface area contributed by atoms with Gasteiger partial charge >= 0.3 is 0 Å². The lowest BCUT2D eigenvalue weighted by atomic mass is 10.2. The lowest BCUT2D eigenvalue weighted by molar-refractivity contribution is 1.03. The highest BCUT2D eigenvalue weighted by Gasteiger charge is 2.04. The molecule has 0 aliphatic rings. The molecule has 0 aromatic carbocycles. The molecular weight excluding hydrogens is 164 g/mol. The number of aromatic nitrogens is 3. The van der Waals surface area contributed by atoms with Gasteiger partial charge in [-0.25, -0.2) is 9.97 Å². The van der Waals surface area contributed by atoms with E-state index in [4.69, 9.17) is 5.73 Å². The standard InChI is InChI=1S/C9H10N4/c1-7-2-3-12-9(10)8(7)13-5-4-11-6-13/h2-6H,1H3,(H2,10,12). The quantitative estimate of drug-likeness (QED) is 0.705. The first kappa shape index (κ1) is 7.79. The van der Waals surface area contributed by atoms with Gasteiger partial charge < -0.3 is 10.3 Å². The average Bonchev–Trinajstić information content (AvgIpc) is 2.57. The molecule has 0 atom stereocenters. The monoisotopic (exact) mass is 174 g/mol. The molecule has 0 radical (unpaired) electrons. The summed E-state index contributed by atoms with van der Waals surface area (Å²) in [7, 11) is 0. The number of rotatable bonds is 1. The number of pyridine rings is 1. The molecule has 4 heteroatoms. The molecule has 66 valence electrons. The first-order valence-corrected chi connectivity index (χ1v) is 3.98. The Hall–Kier alpha value is -1.84. The maximum atomic E-state index is 5.75. The molecule has 4 nitrogen and oxygen atoms in total. The number of hydrogen-bond acceptors (Lipinski definition) is 3. The van der Waals surface area contributed by atoms with Crippen molar-refractivity contribution in [2.24, 2.45) is 0 Å². The molecule has 2 N–H and O–H groups in total. The van der Waals surface area contributed by atoms with Crippen molar-refractivity contribution in [3.63, 3.8) is 0 Å². The van der Waals surface area contributed by atoms with Crippen LogP contribution in [0.4, 0.5) is 5.82 Å². The molecule has 0 saturated carbocycles. The summed E-state index contributed by atoms with van der Waals surface area (Å²) in [5.41, 5.74) is 7.74. The van der Waals surface area contributed by atoms with Crippen LogP contribution in [-0.2, 0) is 0 Å². The maximum Gasteiger partial charge on any atom is 0.147 e. The van der Waals surface area contributed by atoms with Crippen molar-refractivity contribution >= 4 is 5.82 Å². The van der Waals surface area contributed by atoms with Crippen LogP contribution in [0.2, 0.25) is 0 Å². The van der Waals surface area contributed by atoms with E-state index in [1.807, 2.05) is 23.8 Å². The minimum Gasteiger partial charge on any atom is -0.382 e. The van der Waals surface area contributed by atoms with E-state index >= 15 is 0 Å². The van der Waals surface area contributed by atoms with E-state index < -0.39 is 0 Å². The van der Waals surface area contributed by atoms with E-state index in [2.05, 4.69) is 9.97 Å². The summed E-state index contributed by atoms with van der Waals surface area (Å²) >= 11 is 0. The summed E-state index contributed by atoms with van der Waals surface area (Å²) in [6, 6.07) is 1.92. The zero-order chi connectivity index (χ0) is 9.26. The number of anilines is 1. The van der Waals surface area contributed by atoms with Crippen molar-refractivity contribution in [3.8, 4) is 5.69 Å². The molecule has 2 aromatic rings. The van der Waals surface area contributed by atoms with Gasteiger partial charge in [0.25, 0.3) is 0 Å². The normalized spacial score (nSPS) is 10.2. The van der Waals surface area contributed by atoms with E-state index in [1.165, 1.54) is 0 Å². The smallest absolute Gasteiger partial charge is 0.147 e. The van der Waals surface area contributed by atoms with Crippen molar-refractivity contribution in [1.82, 2.24) is 14.5 Å². The third-order valence-corrected chi connectivity index (χ3v) is 1.92. The third kappa shape index (κ3) is 1.26. The van der Waals surface area contributed by atoms with E-state index in [-0.39, 0.29) is 0 Å². The van der Waals surface area contributed by atoms with Gasteiger partial charge in [0.1, 0.15) is 5.82 Å².